The van der Waals surface area contributed by atoms with Crippen LogP contribution in [0.5, 0.6) is 0 Å². The Labute approximate surface area is 164 Å². The highest BCUT2D eigenvalue weighted by Crippen LogP contribution is 2.25. The van der Waals surface area contributed by atoms with E-state index in [9.17, 15) is 9.59 Å². The van der Waals surface area contributed by atoms with E-state index < -0.39 is 0 Å². The maximum absolute atomic E-state index is 12.9. The molecule has 0 N–H and O–H groups in total. The number of hydrogen-bond donors (Lipinski definition) is 0. The normalized spacial score (nSPS) is 13.8. The molecule has 0 unspecified atom stereocenters. The maximum atomic E-state index is 12.9. The van der Waals surface area contributed by atoms with Gasteiger partial charge < -0.3 is 9.80 Å². The SMILES string of the molecule is CN(Cc1ccccc1N1CCCC1)C(=O)Cn1c(=O)cnc2ccccc21. The second-order valence-corrected chi connectivity index (χ2v) is 7.24. The average molecular weight is 376 g/mol. The predicted octanol–water partition coefficient (Wildman–Crippen LogP) is 2.66. The van der Waals surface area contributed by atoms with Gasteiger partial charge in [0.05, 0.1) is 17.2 Å². The van der Waals surface area contributed by atoms with Gasteiger partial charge in [0.1, 0.15) is 6.54 Å². The number of fused-ring (bicyclic) bond motifs is 1. The Bertz CT molecular complexity index is 1050. The number of carbonyl (C=O) groups is 1. The number of nitrogens with zero attached hydrogens (tertiary/aromatic N) is 4. The van der Waals surface area contributed by atoms with Gasteiger partial charge in [0, 0.05) is 32.4 Å². The lowest BCUT2D eigenvalue weighted by Crippen LogP contribution is -2.34. The van der Waals surface area contributed by atoms with Gasteiger partial charge in [0.25, 0.3) is 5.56 Å². The van der Waals surface area contributed by atoms with Gasteiger partial charge in [-0.05, 0) is 36.6 Å². The van der Waals surface area contributed by atoms with Gasteiger partial charge in [0.2, 0.25) is 5.91 Å². The second-order valence-electron chi connectivity index (χ2n) is 7.24. The topological polar surface area (TPSA) is 58.4 Å². The quantitative estimate of drug-likeness (QED) is 0.687. The Hall–Kier alpha value is -3.15. The van der Waals surface area contributed by atoms with Crippen molar-refractivity contribution in [2.75, 3.05) is 25.0 Å². The molecule has 1 aliphatic rings. The first-order chi connectivity index (χ1) is 13.6. The number of likely N-dealkylation sites (N-methyl/N-ethyl adjacent to an activating group) is 1. The Morgan fingerprint density at radius 1 is 1.07 bits per heavy atom. The molecule has 1 aliphatic heterocycles. The highest BCUT2D eigenvalue weighted by Gasteiger charge is 2.18. The minimum atomic E-state index is -0.266. The molecule has 1 fully saturated rings. The van der Waals surface area contributed by atoms with Crippen LogP contribution in [0.25, 0.3) is 11.0 Å². The van der Waals surface area contributed by atoms with Gasteiger partial charge in [-0.3, -0.25) is 14.2 Å². The molecule has 0 radical (unpaired) electrons. The van der Waals surface area contributed by atoms with E-state index in [1.165, 1.54) is 29.3 Å². The Balaban J connectivity index is 1.54. The molecule has 144 valence electrons. The van der Waals surface area contributed by atoms with Gasteiger partial charge in [-0.1, -0.05) is 30.3 Å². The van der Waals surface area contributed by atoms with Crippen molar-refractivity contribution in [3.8, 4) is 0 Å². The maximum Gasteiger partial charge on any atom is 0.269 e. The van der Waals surface area contributed by atoms with Crippen molar-refractivity contribution in [1.82, 2.24) is 14.5 Å². The number of aromatic nitrogens is 2. The van der Waals surface area contributed by atoms with Gasteiger partial charge >= 0.3 is 0 Å². The second kappa shape index (κ2) is 7.84. The first-order valence-electron chi connectivity index (χ1n) is 9.65. The van der Waals surface area contributed by atoms with Crippen LogP contribution < -0.4 is 10.5 Å². The number of benzene rings is 2. The van der Waals surface area contributed by atoms with Crippen molar-refractivity contribution in [2.45, 2.75) is 25.9 Å². The minimum absolute atomic E-state index is 0.00421. The van der Waals surface area contributed by atoms with Crippen molar-refractivity contribution >= 4 is 22.6 Å². The lowest BCUT2D eigenvalue weighted by atomic mass is 10.1. The molecule has 2 heterocycles. The fraction of sp³-hybridized carbons (Fsp3) is 0.318. The highest BCUT2D eigenvalue weighted by molar-refractivity contribution is 5.80. The Morgan fingerprint density at radius 2 is 1.79 bits per heavy atom. The van der Waals surface area contributed by atoms with Gasteiger partial charge in [-0.2, -0.15) is 0 Å². The molecule has 1 aromatic heterocycles. The summed E-state index contributed by atoms with van der Waals surface area (Å²) in [6.07, 6.45) is 3.70. The summed E-state index contributed by atoms with van der Waals surface area (Å²) in [4.78, 5) is 33.4. The van der Waals surface area contributed by atoms with Crippen molar-refractivity contribution in [3.05, 3.63) is 70.6 Å². The Morgan fingerprint density at radius 3 is 2.61 bits per heavy atom. The molecular weight excluding hydrogens is 352 g/mol. The molecule has 28 heavy (non-hydrogen) atoms. The molecule has 0 atom stereocenters. The summed E-state index contributed by atoms with van der Waals surface area (Å²) < 4.78 is 1.49. The molecule has 2 aromatic carbocycles. The van der Waals surface area contributed by atoms with Gasteiger partial charge in [0.15, 0.2) is 0 Å². The number of anilines is 1. The zero-order chi connectivity index (χ0) is 19.5. The third-order valence-corrected chi connectivity index (χ3v) is 5.32. The molecule has 0 spiro atoms. The van der Waals surface area contributed by atoms with E-state index in [1.54, 1.807) is 11.9 Å². The zero-order valence-electron chi connectivity index (χ0n) is 16.0. The van der Waals surface area contributed by atoms with E-state index in [4.69, 9.17) is 0 Å². The molecule has 0 aliphatic carbocycles. The molecule has 6 heteroatoms. The fourth-order valence-corrected chi connectivity index (χ4v) is 3.79. The van der Waals surface area contributed by atoms with Crippen LogP contribution in [-0.4, -0.2) is 40.5 Å². The summed E-state index contributed by atoms with van der Waals surface area (Å²) >= 11 is 0. The fourth-order valence-electron chi connectivity index (χ4n) is 3.79. The summed E-state index contributed by atoms with van der Waals surface area (Å²) in [5.41, 5.74) is 3.45. The van der Waals surface area contributed by atoms with E-state index in [1.807, 2.05) is 36.4 Å². The van der Waals surface area contributed by atoms with E-state index in [0.29, 0.717) is 17.6 Å². The van der Waals surface area contributed by atoms with Crippen LogP contribution in [0.15, 0.2) is 59.5 Å². The summed E-state index contributed by atoms with van der Waals surface area (Å²) in [5.74, 6) is -0.102. The molecule has 6 nitrogen and oxygen atoms in total. The van der Waals surface area contributed by atoms with E-state index in [0.717, 1.165) is 18.7 Å². The summed E-state index contributed by atoms with van der Waals surface area (Å²) in [5, 5.41) is 0. The number of hydrogen-bond acceptors (Lipinski definition) is 4. The predicted molar refractivity (Wildman–Crippen MR) is 110 cm³/mol. The zero-order valence-corrected chi connectivity index (χ0v) is 16.0. The first-order valence-corrected chi connectivity index (χ1v) is 9.65. The largest absolute Gasteiger partial charge is 0.371 e. The molecule has 4 rings (SSSR count). The van der Waals surface area contributed by atoms with Crippen LogP contribution in [0.2, 0.25) is 0 Å². The van der Waals surface area contributed by atoms with Crippen LogP contribution in [0.3, 0.4) is 0 Å². The number of amides is 1. The summed E-state index contributed by atoms with van der Waals surface area (Å²) in [6, 6.07) is 15.6. The molecule has 0 saturated carbocycles. The number of carbonyl (C=O) groups excluding carboxylic acids is 1. The highest BCUT2D eigenvalue weighted by atomic mass is 16.2. The van der Waals surface area contributed by atoms with Crippen LogP contribution in [-0.2, 0) is 17.9 Å². The standard InChI is InChI=1S/C22H24N4O2/c1-24(15-17-8-2-4-10-19(17)25-12-6-7-13-25)22(28)16-26-20-11-5-3-9-18(20)23-14-21(26)27/h2-5,8-11,14H,6-7,12-13,15-16H2,1H3. The van der Waals surface area contributed by atoms with Crippen molar-refractivity contribution in [3.63, 3.8) is 0 Å². The first kappa shape index (κ1) is 18.2. The molecule has 1 amide bonds. The third-order valence-electron chi connectivity index (χ3n) is 5.32. The summed E-state index contributed by atoms with van der Waals surface area (Å²) in [6.45, 7) is 2.65. The monoisotopic (exact) mass is 376 g/mol. The van der Waals surface area contributed by atoms with Crippen molar-refractivity contribution in [1.29, 1.82) is 0 Å². The molecule has 1 saturated heterocycles. The number of para-hydroxylation sites is 3. The summed E-state index contributed by atoms with van der Waals surface area (Å²) in [7, 11) is 1.79. The lowest BCUT2D eigenvalue weighted by molar-refractivity contribution is -0.131. The van der Waals surface area contributed by atoms with Gasteiger partial charge in [-0.25, -0.2) is 4.98 Å². The van der Waals surface area contributed by atoms with Crippen LogP contribution in [0.1, 0.15) is 18.4 Å². The molecule has 0 bridgehead atoms. The average Bonchev–Trinajstić information content (AvgIpc) is 3.25. The van der Waals surface area contributed by atoms with E-state index in [2.05, 4.69) is 22.0 Å². The van der Waals surface area contributed by atoms with E-state index in [-0.39, 0.29) is 18.0 Å². The molecule has 3 aromatic rings. The smallest absolute Gasteiger partial charge is 0.269 e. The van der Waals surface area contributed by atoms with Crippen LogP contribution in [0, 0.1) is 0 Å². The van der Waals surface area contributed by atoms with Crippen molar-refractivity contribution < 1.29 is 4.79 Å². The number of rotatable bonds is 5. The van der Waals surface area contributed by atoms with Gasteiger partial charge in [-0.15, -0.1) is 0 Å². The third kappa shape index (κ3) is 3.63. The lowest BCUT2D eigenvalue weighted by Gasteiger charge is -2.25. The van der Waals surface area contributed by atoms with Crippen molar-refractivity contribution in [2.24, 2.45) is 0 Å². The minimum Gasteiger partial charge on any atom is -0.371 e. The molecular formula is C22H24N4O2. The van der Waals surface area contributed by atoms with Crippen LogP contribution in [0.4, 0.5) is 5.69 Å². The van der Waals surface area contributed by atoms with Crippen LogP contribution >= 0.6 is 0 Å². The Kier molecular flexibility index (Phi) is 5.10. The van der Waals surface area contributed by atoms with E-state index >= 15 is 0 Å².